The maximum atomic E-state index is 12.8. The topological polar surface area (TPSA) is 67.9 Å². The summed E-state index contributed by atoms with van der Waals surface area (Å²) in [7, 11) is 1.57. The van der Waals surface area contributed by atoms with E-state index >= 15 is 0 Å². The minimum Gasteiger partial charge on any atom is -0.496 e. The number of rotatable bonds is 7. The molecule has 1 unspecified atom stereocenters. The molecule has 2 amide bonds. The molecule has 3 rings (SSSR count). The van der Waals surface area contributed by atoms with Crippen LogP contribution in [-0.2, 0) is 4.79 Å². The van der Waals surface area contributed by atoms with E-state index in [1.165, 1.54) is 0 Å². The van der Waals surface area contributed by atoms with E-state index in [1.54, 1.807) is 26.2 Å². The highest BCUT2D eigenvalue weighted by Gasteiger charge is 2.27. The van der Waals surface area contributed by atoms with E-state index in [9.17, 15) is 9.59 Å². The zero-order valence-corrected chi connectivity index (χ0v) is 18.8. The number of nitrogens with zero attached hydrogens (tertiary/aromatic N) is 1. The summed E-state index contributed by atoms with van der Waals surface area (Å²) in [5.41, 5.74) is 1.66. The van der Waals surface area contributed by atoms with Crippen molar-refractivity contribution in [1.82, 2.24) is 10.2 Å². The zero-order valence-electron chi connectivity index (χ0n) is 18.8. The Labute approximate surface area is 184 Å². The van der Waals surface area contributed by atoms with Crippen molar-refractivity contribution in [2.24, 2.45) is 0 Å². The fourth-order valence-electron chi connectivity index (χ4n) is 3.85. The van der Waals surface area contributed by atoms with Crippen LogP contribution < -0.4 is 14.8 Å². The van der Waals surface area contributed by atoms with Crippen molar-refractivity contribution in [1.29, 1.82) is 0 Å². The van der Waals surface area contributed by atoms with Crippen LogP contribution >= 0.6 is 0 Å². The third-order valence-electron chi connectivity index (χ3n) is 5.68. The van der Waals surface area contributed by atoms with Gasteiger partial charge >= 0.3 is 0 Å². The fraction of sp³-hybridized carbons (Fsp3) is 0.440. The summed E-state index contributed by atoms with van der Waals surface area (Å²) in [5, 5.41) is 3.08. The molecule has 0 radical (unpaired) electrons. The van der Waals surface area contributed by atoms with E-state index in [-0.39, 0.29) is 17.9 Å². The monoisotopic (exact) mass is 424 g/mol. The van der Waals surface area contributed by atoms with Gasteiger partial charge in [-0.3, -0.25) is 9.59 Å². The van der Waals surface area contributed by atoms with E-state index in [0.717, 1.165) is 11.3 Å². The molecule has 0 bridgehead atoms. The van der Waals surface area contributed by atoms with Crippen molar-refractivity contribution in [2.45, 2.75) is 51.7 Å². The van der Waals surface area contributed by atoms with Crippen LogP contribution in [0.15, 0.2) is 48.5 Å². The number of carbonyl (C=O) groups excluding carboxylic acids is 2. The molecule has 2 aromatic rings. The normalized spacial score (nSPS) is 15.5. The number of likely N-dealkylation sites (tertiary alicyclic amines) is 1. The second-order valence-corrected chi connectivity index (χ2v) is 8.23. The van der Waals surface area contributed by atoms with Crippen LogP contribution in [0, 0.1) is 0 Å². The Morgan fingerprint density at radius 3 is 2.23 bits per heavy atom. The first kappa shape index (κ1) is 22.7. The summed E-state index contributed by atoms with van der Waals surface area (Å²) >= 11 is 0. The first-order valence-corrected chi connectivity index (χ1v) is 10.9. The molecule has 1 heterocycles. The third kappa shape index (κ3) is 5.57. The number of para-hydroxylation sites is 2. The lowest BCUT2D eigenvalue weighted by molar-refractivity contribution is -0.128. The Balaban J connectivity index is 1.52. The number of hydrogen-bond acceptors (Lipinski definition) is 4. The van der Waals surface area contributed by atoms with Gasteiger partial charge in [-0.25, -0.2) is 0 Å². The summed E-state index contributed by atoms with van der Waals surface area (Å²) < 4.78 is 11.3. The lowest BCUT2D eigenvalue weighted by Gasteiger charge is -2.33. The summed E-state index contributed by atoms with van der Waals surface area (Å²) in [6.07, 6.45) is 0.831. The van der Waals surface area contributed by atoms with Gasteiger partial charge in [-0.2, -0.15) is 0 Å². The van der Waals surface area contributed by atoms with Crippen molar-refractivity contribution in [3.8, 4) is 11.5 Å². The summed E-state index contributed by atoms with van der Waals surface area (Å²) in [6.45, 7) is 7.16. The van der Waals surface area contributed by atoms with Crippen LogP contribution in [0.1, 0.15) is 55.5 Å². The van der Waals surface area contributed by atoms with Gasteiger partial charge < -0.3 is 19.7 Å². The molecule has 6 heteroatoms. The van der Waals surface area contributed by atoms with Gasteiger partial charge in [0.2, 0.25) is 0 Å². The van der Waals surface area contributed by atoms with Gasteiger partial charge in [0.25, 0.3) is 11.8 Å². The number of benzene rings is 2. The lowest BCUT2D eigenvalue weighted by Crippen LogP contribution is -2.49. The van der Waals surface area contributed by atoms with Crippen LogP contribution in [0.4, 0.5) is 0 Å². The number of piperidine rings is 1. The van der Waals surface area contributed by atoms with Crippen molar-refractivity contribution >= 4 is 11.8 Å². The molecule has 31 heavy (non-hydrogen) atoms. The highest BCUT2D eigenvalue weighted by atomic mass is 16.5. The average Bonchev–Trinajstić information content (AvgIpc) is 2.79. The van der Waals surface area contributed by atoms with Gasteiger partial charge in [-0.15, -0.1) is 0 Å². The largest absolute Gasteiger partial charge is 0.496 e. The van der Waals surface area contributed by atoms with Gasteiger partial charge in [0.1, 0.15) is 11.5 Å². The number of amides is 2. The number of nitrogens with one attached hydrogen (secondary N) is 1. The van der Waals surface area contributed by atoms with Crippen LogP contribution in [-0.4, -0.2) is 49.1 Å². The highest BCUT2D eigenvalue weighted by molar-refractivity contribution is 5.97. The van der Waals surface area contributed by atoms with Crippen molar-refractivity contribution in [3.05, 3.63) is 59.7 Å². The highest BCUT2D eigenvalue weighted by Crippen LogP contribution is 2.27. The fourth-order valence-corrected chi connectivity index (χ4v) is 3.85. The van der Waals surface area contributed by atoms with Crippen LogP contribution in [0.5, 0.6) is 11.5 Å². The maximum absolute atomic E-state index is 12.8. The first-order valence-electron chi connectivity index (χ1n) is 10.9. The Hall–Kier alpha value is -3.02. The number of carbonyl (C=O) groups is 2. The second kappa shape index (κ2) is 10.3. The molecule has 1 saturated heterocycles. The Kier molecular flexibility index (Phi) is 7.55. The number of hydrogen-bond donors (Lipinski definition) is 1. The van der Waals surface area contributed by atoms with Gasteiger partial charge in [0, 0.05) is 19.1 Å². The molecule has 0 aromatic heterocycles. The molecule has 166 valence electrons. The van der Waals surface area contributed by atoms with Gasteiger partial charge in [-0.05, 0) is 49.4 Å². The van der Waals surface area contributed by atoms with Crippen molar-refractivity contribution in [3.63, 3.8) is 0 Å². The predicted octanol–water partition coefficient (Wildman–Crippen LogP) is 4.01. The van der Waals surface area contributed by atoms with Gasteiger partial charge in [-0.1, -0.05) is 44.2 Å². The van der Waals surface area contributed by atoms with Crippen LogP contribution in [0.25, 0.3) is 0 Å². The Morgan fingerprint density at radius 1 is 0.968 bits per heavy atom. The molecule has 1 fully saturated rings. The second-order valence-electron chi connectivity index (χ2n) is 8.23. The van der Waals surface area contributed by atoms with E-state index in [4.69, 9.17) is 9.47 Å². The summed E-state index contributed by atoms with van der Waals surface area (Å²) in [4.78, 5) is 27.3. The quantitative estimate of drug-likeness (QED) is 0.729. The molecule has 1 N–H and O–H groups in total. The van der Waals surface area contributed by atoms with Crippen LogP contribution in [0.2, 0.25) is 0 Å². The SMILES string of the molecule is COc1ccccc1C(=O)N1CCC(NC(=O)C(C)Oc2ccccc2C(C)C)CC1. The molecule has 0 saturated carbocycles. The molecule has 1 atom stereocenters. The third-order valence-corrected chi connectivity index (χ3v) is 5.68. The maximum Gasteiger partial charge on any atom is 0.260 e. The number of ether oxygens (including phenoxy) is 2. The zero-order chi connectivity index (χ0) is 22.4. The first-order chi connectivity index (χ1) is 14.9. The smallest absolute Gasteiger partial charge is 0.260 e. The summed E-state index contributed by atoms with van der Waals surface area (Å²) in [5.74, 6) is 1.47. The Morgan fingerprint density at radius 2 is 1.58 bits per heavy atom. The Bertz CT molecular complexity index is 904. The van der Waals surface area contributed by atoms with E-state index < -0.39 is 6.10 Å². The summed E-state index contributed by atoms with van der Waals surface area (Å²) in [6, 6.07) is 15.1. The molecule has 2 aromatic carbocycles. The number of methoxy groups -OCH3 is 1. The standard InChI is InChI=1S/C25H32N2O4/c1-17(2)20-9-5-8-12-23(20)31-18(3)24(28)26-19-13-15-27(16-14-19)25(29)21-10-6-7-11-22(21)30-4/h5-12,17-19H,13-16H2,1-4H3,(H,26,28). The molecular formula is C25H32N2O4. The molecule has 0 spiro atoms. The molecule has 6 nitrogen and oxygen atoms in total. The van der Waals surface area contributed by atoms with Crippen molar-refractivity contribution < 1.29 is 19.1 Å². The van der Waals surface area contributed by atoms with E-state index in [1.807, 2.05) is 41.3 Å². The van der Waals surface area contributed by atoms with E-state index in [0.29, 0.717) is 43.2 Å². The molecule has 1 aliphatic heterocycles. The van der Waals surface area contributed by atoms with Gasteiger partial charge in [0.15, 0.2) is 6.10 Å². The lowest BCUT2D eigenvalue weighted by atomic mass is 10.0. The van der Waals surface area contributed by atoms with Crippen LogP contribution in [0.3, 0.4) is 0 Å². The molecule has 1 aliphatic rings. The van der Waals surface area contributed by atoms with E-state index in [2.05, 4.69) is 19.2 Å². The minimum absolute atomic E-state index is 0.0283. The van der Waals surface area contributed by atoms with Crippen molar-refractivity contribution in [2.75, 3.05) is 20.2 Å². The predicted molar refractivity (Wildman–Crippen MR) is 121 cm³/mol. The minimum atomic E-state index is -0.590. The van der Waals surface area contributed by atoms with Gasteiger partial charge in [0.05, 0.1) is 12.7 Å². The average molecular weight is 425 g/mol. The molecular weight excluding hydrogens is 392 g/mol. The molecule has 0 aliphatic carbocycles.